The Morgan fingerprint density at radius 1 is 0.769 bits per heavy atom. The molecule has 0 saturated heterocycles. The molecule has 0 spiro atoms. The second kappa shape index (κ2) is 6.39. The van der Waals surface area contributed by atoms with E-state index < -0.39 is 0 Å². The lowest BCUT2D eigenvalue weighted by Gasteiger charge is -2.27. The average Bonchev–Trinajstić information content (AvgIpc) is 2.17. The second-order valence-electron chi connectivity index (χ2n) is 4.26. The first-order valence-corrected chi connectivity index (χ1v) is 5.58. The Morgan fingerprint density at radius 3 is 1.77 bits per heavy atom. The van der Waals surface area contributed by atoms with Crippen LogP contribution in [-0.4, -0.2) is 23.4 Å². The van der Waals surface area contributed by atoms with Crippen molar-refractivity contribution in [3.05, 3.63) is 0 Å². The molecule has 78 valence electrons. The summed E-state index contributed by atoms with van der Waals surface area (Å²) in [6, 6.07) is 0. The highest BCUT2D eigenvalue weighted by atomic mass is 16.3. The van der Waals surface area contributed by atoms with Crippen LogP contribution >= 0.6 is 0 Å². The standard InChI is InChI=1S/C11H22O2/c12-8-1-2-10-3-5-11(6-4-10)7-9-13/h10-13H,1-9H2. The van der Waals surface area contributed by atoms with Gasteiger partial charge in [-0.05, 0) is 31.1 Å². The molecule has 0 atom stereocenters. The predicted molar refractivity (Wildman–Crippen MR) is 53.5 cm³/mol. The molecule has 1 saturated carbocycles. The highest BCUT2D eigenvalue weighted by Crippen LogP contribution is 2.32. The first-order valence-electron chi connectivity index (χ1n) is 5.58. The van der Waals surface area contributed by atoms with Crippen LogP contribution in [-0.2, 0) is 0 Å². The molecular weight excluding hydrogens is 164 g/mol. The zero-order valence-corrected chi connectivity index (χ0v) is 8.41. The SMILES string of the molecule is OCCCC1CCC(CCO)CC1. The van der Waals surface area contributed by atoms with Crippen molar-refractivity contribution in [2.45, 2.75) is 44.9 Å². The summed E-state index contributed by atoms with van der Waals surface area (Å²) < 4.78 is 0. The lowest BCUT2D eigenvalue weighted by Crippen LogP contribution is -2.15. The van der Waals surface area contributed by atoms with Crippen molar-refractivity contribution >= 4 is 0 Å². The minimum Gasteiger partial charge on any atom is -0.396 e. The van der Waals surface area contributed by atoms with E-state index in [0.29, 0.717) is 13.2 Å². The minimum absolute atomic E-state index is 0.344. The molecule has 0 bridgehead atoms. The zero-order valence-electron chi connectivity index (χ0n) is 8.41. The number of hydrogen-bond acceptors (Lipinski definition) is 2. The Morgan fingerprint density at radius 2 is 1.31 bits per heavy atom. The van der Waals surface area contributed by atoms with Crippen molar-refractivity contribution < 1.29 is 10.2 Å². The van der Waals surface area contributed by atoms with Crippen LogP contribution < -0.4 is 0 Å². The summed E-state index contributed by atoms with van der Waals surface area (Å²) in [6.45, 7) is 0.697. The molecule has 1 rings (SSSR count). The first-order chi connectivity index (χ1) is 6.36. The lowest BCUT2D eigenvalue weighted by atomic mass is 9.79. The molecule has 2 heteroatoms. The second-order valence-corrected chi connectivity index (χ2v) is 4.26. The molecule has 0 amide bonds. The van der Waals surface area contributed by atoms with E-state index in [1.165, 1.54) is 32.1 Å². The van der Waals surface area contributed by atoms with Crippen LogP contribution in [0.2, 0.25) is 0 Å². The van der Waals surface area contributed by atoms with Crippen LogP contribution in [0.1, 0.15) is 44.9 Å². The summed E-state index contributed by atoms with van der Waals surface area (Å²) in [5.41, 5.74) is 0. The van der Waals surface area contributed by atoms with Gasteiger partial charge >= 0.3 is 0 Å². The molecule has 1 fully saturated rings. The molecule has 0 aromatic carbocycles. The van der Waals surface area contributed by atoms with E-state index in [-0.39, 0.29) is 0 Å². The molecule has 0 unspecified atom stereocenters. The molecule has 0 aromatic rings. The third-order valence-corrected chi connectivity index (χ3v) is 3.27. The van der Waals surface area contributed by atoms with Crippen molar-refractivity contribution in [1.29, 1.82) is 0 Å². The topological polar surface area (TPSA) is 40.5 Å². The Hall–Kier alpha value is -0.0800. The fraction of sp³-hybridized carbons (Fsp3) is 1.00. The molecule has 2 N–H and O–H groups in total. The molecule has 1 aliphatic carbocycles. The van der Waals surface area contributed by atoms with Gasteiger partial charge in [0, 0.05) is 13.2 Å². The maximum Gasteiger partial charge on any atom is 0.0433 e. The average molecular weight is 186 g/mol. The van der Waals surface area contributed by atoms with Crippen LogP contribution in [0.15, 0.2) is 0 Å². The third-order valence-electron chi connectivity index (χ3n) is 3.27. The number of hydrogen-bond donors (Lipinski definition) is 2. The first kappa shape index (κ1) is 11.0. The van der Waals surface area contributed by atoms with Gasteiger partial charge in [0.15, 0.2) is 0 Å². The summed E-state index contributed by atoms with van der Waals surface area (Å²) in [4.78, 5) is 0. The van der Waals surface area contributed by atoms with Crippen LogP contribution in [0.4, 0.5) is 0 Å². The van der Waals surface area contributed by atoms with Crippen LogP contribution in [0.5, 0.6) is 0 Å². The van der Waals surface area contributed by atoms with E-state index in [0.717, 1.165) is 24.7 Å². The maximum absolute atomic E-state index is 8.79. The summed E-state index contributed by atoms with van der Waals surface area (Å²) in [5.74, 6) is 1.62. The molecule has 0 radical (unpaired) electrons. The molecule has 0 aliphatic heterocycles. The van der Waals surface area contributed by atoms with Crippen LogP contribution in [0.25, 0.3) is 0 Å². The van der Waals surface area contributed by atoms with E-state index in [2.05, 4.69) is 0 Å². The van der Waals surface area contributed by atoms with Crippen LogP contribution in [0.3, 0.4) is 0 Å². The van der Waals surface area contributed by atoms with Gasteiger partial charge in [0.05, 0.1) is 0 Å². The van der Waals surface area contributed by atoms with Gasteiger partial charge in [-0.25, -0.2) is 0 Å². The highest BCUT2D eigenvalue weighted by molar-refractivity contribution is 4.72. The lowest BCUT2D eigenvalue weighted by molar-refractivity contribution is 0.193. The minimum atomic E-state index is 0.344. The van der Waals surface area contributed by atoms with Crippen molar-refractivity contribution in [2.24, 2.45) is 11.8 Å². The fourth-order valence-electron chi connectivity index (χ4n) is 2.37. The largest absolute Gasteiger partial charge is 0.396 e. The Labute approximate surface area is 81.0 Å². The molecule has 1 aliphatic rings. The molecular formula is C11H22O2. The van der Waals surface area contributed by atoms with E-state index in [9.17, 15) is 0 Å². The predicted octanol–water partition coefficient (Wildman–Crippen LogP) is 1.95. The van der Waals surface area contributed by atoms with Crippen molar-refractivity contribution in [1.82, 2.24) is 0 Å². The van der Waals surface area contributed by atoms with Gasteiger partial charge in [-0.1, -0.05) is 25.7 Å². The molecule has 13 heavy (non-hydrogen) atoms. The van der Waals surface area contributed by atoms with E-state index in [1.54, 1.807) is 0 Å². The summed E-state index contributed by atoms with van der Waals surface area (Å²) in [6.07, 6.45) is 8.35. The van der Waals surface area contributed by atoms with E-state index in [4.69, 9.17) is 10.2 Å². The van der Waals surface area contributed by atoms with Crippen molar-refractivity contribution in [2.75, 3.05) is 13.2 Å². The van der Waals surface area contributed by atoms with Gasteiger partial charge in [-0.3, -0.25) is 0 Å². The van der Waals surface area contributed by atoms with E-state index >= 15 is 0 Å². The summed E-state index contributed by atoms with van der Waals surface area (Å²) in [7, 11) is 0. The van der Waals surface area contributed by atoms with Gasteiger partial charge < -0.3 is 10.2 Å². The van der Waals surface area contributed by atoms with Crippen LogP contribution in [0, 0.1) is 11.8 Å². The number of aliphatic hydroxyl groups excluding tert-OH is 2. The van der Waals surface area contributed by atoms with Gasteiger partial charge in [-0.2, -0.15) is 0 Å². The van der Waals surface area contributed by atoms with E-state index in [1.807, 2.05) is 0 Å². The van der Waals surface area contributed by atoms with Gasteiger partial charge in [0.25, 0.3) is 0 Å². The molecule has 0 heterocycles. The normalized spacial score (nSPS) is 29.1. The molecule has 0 aromatic heterocycles. The Balaban J connectivity index is 2.08. The highest BCUT2D eigenvalue weighted by Gasteiger charge is 2.19. The van der Waals surface area contributed by atoms with Crippen molar-refractivity contribution in [3.63, 3.8) is 0 Å². The Bertz CT molecular complexity index is 117. The van der Waals surface area contributed by atoms with Gasteiger partial charge in [-0.15, -0.1) is 0 Å². The third kappa shape index (κ3) is 4.10. The van der Waals surface area contributed by atoms with Crippen molar-refractivity contribution in [3.8, 4) is 0 Å². The summed E-state index contributed by atoms with van der Waals surface area (Å²) in [5, 5.41) is 17.5. The monoisotopic (exact) mass is 186 g/mol. The Kier molecular flexibility index (Phi) is 5.40. The maximum atomic E-state index is 8.79. The summed E-state index contributed by atoms with van der Waals surface area (Å²) >= 11 is 0. The smallest absolute Gasteiger partial charge is 0.0433 e. The number of rotatable bonds is 5. The zero-order chi connectivity index (χ0) is 9.52. The van der Waals surface area contributed by atoms with Gasteiger partial charge in [0.1, 0.15) is 0 Å². The number of aliphatic hydroxyl groups is 2. The van der Waals surface area contributed by atoms with Gasteiger partial charge in [0.2, 0.25) is 0 Å². The quantitative estimate of drug-likeness (QED) is 0.689. The fourth-order valence-corrected chi connectivity index (χ4v) is 2.37. The molecule has 2 nitrogen and oxygen atoms in total.